The molecule has 3 nitrogen and oxygen atoms in total. The summed E-state index contributed by atoms with van der Waals surface area (Å²) in [5.74, 6) is -2.84. The fraction of sp³-hybridized carbons (Fsp3) is 0.100. The average Bonchev–Trinajstić information content (AvgIpc) is 2.16. The summed E-state index contributed by atoms with van der Waals surface area (Å²) in [7, 11) is 0. The Labute approximate surface area is 92.9 Å². The van der Waals surface area contributed by atoms with Crippen LogP contribution < -0.4 is 4.74 Å². The standard InChI is InChI=1S/C10H6F4O3/c11-7-2-3-8(17-10(12,13)14)6(5-7)1-4-9(15)16/h1-5H,(H,15,16). The zero-order valence-corrected chi connectivity index (χ0v) is 8.16. The molecule has 7 heteroatoms. The van der Waals surface area contributed by atoms with Crippen molar-refractivity contribution < 1.29 is 32.2 Å². The number of carbonyl (C=O) groups is 1. The Bertz CT molecular complexity index is 451. The number of hydrogen-bond donors (Lipinski definition) is 1. The first-order chi connectivity index (χ1) is 7.78. The number of rotatable bonds is 3. The average molecular weight is 250 g/mol. The molecule has 0 aliphatic heterocycles. The lowest BCUT2D eigenvalue weighted by Gasteiger charge is -2.11. The van der Waals surface area contributed by atoms with Crippen LogP contribution in [0.3, 0.4) is 0 Å². The molecule has 92 valence electrons. The molecular formula is C10H6F4O3. The predicted molar refractivity (Wildman–Crippen MR) is 49.8 cm³/mol. The number of benzene rings is 1. The van der Waals surface area contributed by atoms with E-state index in [1.165, 1.54) is 0 Å². The van der Waals surface area contributed by atoms with Crippen LogP contribution in [0.4, 0.5) is 17.6 Å². The molecule has 1 aromatic carbocycles. The van der Waals surface area contributed by atoms with E-state index in [9.17, 15) is 22.4 Å². The summed E-state index contributed by atoms with van der Waals surface area (Å²) in [5.41, 5.74) is -0.315. The van der Waals surface area contributed by atoms with Crippen molar-refractivity contribution in [3.63, 3.8) is 0 Å². The zero-order chi connectivity index (χ0) is 13.1. The summed E-state index contributed by atoms with van der Waals surface area (Å²) in [6.45, 7) is 0. The van der Waals surface area contributed by atoms with Gasteiger partial charge in [-0.15, -0.1) is 13.2 Å². The minimum absolute atomic E-state index is 0.315. The SMILES string of the molecule is O=C(O)C=Cc1cc(F)ccc1OC(F)(F)F. The molecule has 0 unspecified atom stereocenters. The maximum Gasteiger partial charge on any atom is 0.573 e. The molecule has 0 radical (unpaired) electrons. The van der Waals surface area contributed by atoms with Gasteiger partial charge >= 0.3 is 12.3 Å². The molecule has 0 spiro atoms. The number of aliphatic carboxylic acids is 1. The quantitative estimate of drug-likeness (QED) is 0.662. The van der Waals surface area contributed by atoms with E-state index in [4.69, 9.17) is 5.11 Å². The molecule has 0 bridgehead atoms. The van der Waals surface area contributed by atoms with E-state index in [0.717, 1.165) is 24.3 Å². The van der Waals surface area contributed by atoms with Gasteiger partial charge in [0.25, 0.3) is 0 Å². The number of hydrogen-bond acceptors (Lipinski definition) is 2. The van der Waals surface area contributed by atoms with Crippen molar-refractivity contribution in [3.8, 4) is 5.75 Å². The van der Waals surface area contributed by atoms with Crippen LogP contribution in [0.15, 0.2) is 24.3 Å². The predicted octanol–water partition coefficient (Wildman–Crippen LogP) is 2.82. The van der Waals surface area contributed by atoms with Gasteiger partial charge in [0.05, 0.1) is 0 Å². The van der Waals surface area contributed by atoms with E-state index >= 15 is 0 Å². The Hall–Kier alpha value is -2.05. The van der Waals surface area contributed by atoms with Crippen LogP contribution in [-0.2, 0) is 4.79 Å². The first kappa shape index (κ1) is 13.0. The van der Waals surface area contributed by atoms with Gasteiger partial charge in [0, 0.05) is 11.6 Å². The zero-order valence-electron chi connectivity index (χ0n) is 8.16. The third-order valence-corrected chi connectivity index (χ3v) is 1.60. The molecule has 1 aromatic rings. The summed E-state index contributed by atoms with van der Waals surface area (Å²) >= 11 is 0. The van der Waals surface area contributed by atoms with Crippen molar-refractivity contribution in [3.05, 3.63) is 35.7 Å². The van der Waals surface area contributed by atoms with Gasteiger partial charge in [-0.05, 0) is 24.3 Å². The summed E-state index contributed by atoms with van der Waals surface area (Å²) in [6.07, 6.45) is -3.53. The lowest BCUT2D eigenvalue weighted by Crippen LogP contribution is -2.17. The van der Waals surface area contributed by atoms with Crippen molar-refractivity contribution in [2.45, 2.75) is 6.36 Å². The van der Waals surface area contributed by atoms with Gasteiger partial charge in [0.2, 0.25) is 0 Å². The largest absolute Gasteiger partial charge is 0.573 e. The number of carboxylic acids is 1. The second-order valence-corrected chi connectivity index (χ2v) is 2.90. The number of carboxylic acid groups (broad SMARTS) is 1. The lowest BCUT2D eigenvalue weighted by molar-refractivity contribution is -0.274. The molecule has 0 aromatic heterocycles. The molecule has 0 atom stereocenters. The van der Waals surface area contributed by atoms with Gasteiger partial charge in [0.1, 0.15) is 11.6 Å². The Kier molecular flexibility index (Phi) is 3.72. The summed E-state index contributed by atoms with van der Waals surface area (Å²) in [4.78, 5) is 10.2. The molecule has 1 N–H and O–H groups in total. The van der Waals surface area contributed by atoms with Crippen LogP contribution in [0.25, 0.3) is 6.08 Å². The van der Waals surface area contributed by atoms with E-state index in [1.807, 2.05) is 0 Å². The lowest BCUT2D eigenvalue weighted by atomic mass is 10.2. The normalized spacial score (nSPS) is 11.8. The maximum atomic E-state index is 12.8. The molecule has 17 heavy (non-hydrogen) atoms. The van der Waals surface area contributed by atoms with Crippen molar-refractivity contribution in [2.24, 2.45) is 0 Å². The summed E-state index contributed by atoms with van der Waals surface area (Å²) in [6, 6.07) is 2.28. The highest BCUT2D eigenvalue weighted by atomic mass is 19.4. The van der Waals surface area contributed by atoms with Gasteiger partial charge in [-0.25, -0.2) is 9.18 Å². The monoisotopic (exact) mass is 250 g/mol. The van der Waals surface area contributed by atoms with Crippen LogP contribution in [0.1, 0.15) is 5.56 Å². The first-order valence-corrected chi connectivity index (χ1v) is 4.24. The summed E-state index contributed by atoms with van der Waals surface area (Å²) < 4.78 is 52.3. The van der Waals surface area contributed by atoms with E-state index in [0.29, 0.717) is 6.08 Å². The second kappa shape index (κ2) is 4.86. The minimum atomic E-state index is -4.93. The van der Waals surface area contributed by atoms with Gasteiger partial charge in [-0.2, -0.15) is 0 Å². The molecule has 0 heterocycles. The highest BCUT2D eigenvalue weighted by molar-refractivity contribution is 5.85. The smallest absolute Gasteiger partial charge is 0.478 e. The van der Waals surface area contributed by atoms with Crippen molar-refractivity contribution >= 4 is 12.0 Å². The molecule has 0 aliphatic carbocycles. The molecular weight excluding hydrogens is 244 g/mol. The number of alkyl halides is 3. The highest BCUT2D eigenvalue weighted by Gasteiger charge is 2.31. The second-order valence-electron chi connectivity index (χ2n) is 2.90. The van der Waals surface area contributed by atoms with Gasteiger partial charge < -0.3 is 9.84 Å². The Morgan fingerprint density at radius 3 is 2.53 bits per heavy atom. The fourth-order valence-electron chi connectivity index (χ4n) is 1.03. The number of halogens is 4. The van der Waals surface area contributed by atoms with E-state index in [-0.39, 0.29) is 5.56 Å². The van der Waals surface area contributed by atoms with Gasteiger partial charge in [0.15, 0.2) is 0 Å². The van der Waals surface area contributed by atoms with Gasteiger partial charge in [-0.1, -0.05) is 0 Å². The van der Waals surface area contributed by atoms with Crippen LogP contribution in [0.5, 0.6) is 5.75 Å². The van der Waals surface area contributed by atoms with Crippen molar-refractivity contribution in [2.75, 3.05) is 0 Å². The van der Waals surface area contributed by atoms with Gasteiger partial charge in [-0.3, -0.25) is 0 Å². The Morgan fingerprint density at radius 1 is 1.35 bits per heavy atom. The number of ether oxygens (including phenoxy) is 1. The fourth-order valence-corrected chi connectivity index (χ4v) is 1.03. The highest BCUT2D eigenvalue weighted by Crippen LogP contribution is 2.27. The third kappa shape index (κ3) is 4.54. The van der Waals surface area contributed by atoms with E-state index in [1.54, 1.807) is 0 Å². The van der Waals surface area contributed by atoms with Crippen LogP contribution in [0.2, 0.25) is 0 Å². The van der Waals surface area contributed by atoms with Crippen molar-refractivity contribution in [1.29, 1.82) is 0 Å². The van der Waals surface area contributed by atoms with E-state index < -0.39 is 23.9 Å². The van der Waals surface area contributed by atoms with E-state index in [2.05, 4.69) is 4.74 Å². The molecule has 0 fully saturated rings. The molecule has 0 saturated carbocycles. The van der Waals surface area contributed by atoms with Crippen LogP contribution in [0, 0.1) is 5.82 Å². The Balaban J connectivity index is 3.08. The molecule has 1 rings (SSSR count). The topological polar surface area (TPSA) is 46.5 Å². The first-order valence-electron chi connectivity index (χ1n) is 4.24. The maximum absolute atomic E-state index is 12.8. The van der Waals surface area contributed by atoms with Crippen LogP contribution in [-0.4, -0.2) is 17.4 Å². The summed E-state index contributed by atoms with van der Waals surface area (Å²) in [5, 5.41) is 8.32. The molecule has 0 aliphatic rings. The Morgan fingerprint density at radius 2 is 2.00 bits per heavy atom. The van der Waals surface area contributed by atoms with Crippen LogP contribution >= 0.6 is 0 Å². The molecule has 0 saturated heterocycles. The third-order valence-electron chi connectivity index (χ3n) is 1.60. The minimum Gasteiger partial charge on any atom is -0.478 e. The van der Waals surface area contributed by atoms with Crippen molar-refractivity contribution in [1.82, 2.24) is 0 Å². The molecule has 0 amide bonds.